The molecule has 1 N–H and O–H groups in total. The average Bonchev–Trinajstić information content (AvgIpc) is 2.88. The fourth-order valence-corrected chi connectivity index (χ4v) is 3.49. The van der Waals surface area contributed by atoms with E-state index in [4.69, 9.17) is 9.84 Å². The van der Waals surface area contributed by atoms with E-state index in [1.54, 1.807) is 0 Å². The van der Waals surface area contributed by atoms with Crippen molar-refractivity contribution in [2.45, 2.75) is 25.9 Å². The molecular weight excluding hydrogens is 289 g/mol. The van der Waals surface area contributed by atoms with Crippen LogP contribution in [0.4, 0.5) is 0 Å². The summed E-state index contributed by atoms with van der Waals surface area (Å²) in [6.45, 7) is 3.67. The zero-order valence-electron chi connectivity index (χ0n) is 7.24. The van der Waals surface area contributed by atoms with Gasteiger partial charge in [0.1, 0.15) is 0 Å². The van der Waals surface area contributed by atoms with Crippen LogP contribution in [0.2, 0.25) is 0 Å². The van der Waals surface area contributed by atoms with Crippen molar-refractivity contribution in [2.75, 3.05) is 17.9 Å². The van der Waals surface area contributed by atoms with E-state index in [1.165, 1.54) is 12.8 Å². The van der Waals surface area contributed by atoms with Gasteiger partial charge in [0.25, 0.3) is 0 Å². The molecule has 0 saturated heterocycles. The molecule has 1 rings (SSSR count). The number of hydrogen-bond donors (Lipinski definition) is 2. The number of aliphatic hydroxyl groups is 1. The van der Waals surface area contributed by atoms with Crippen LogP contribution in [-0.4, -0.2) is 32.2 Å². The molecule has 0 unspecified atom stereocenters. The second-order valence-electron chi connectivity index (χ2n) is 2.71. The van der Waals surface area contributed by atoms with Crippen molar-refractivity contribution in [2.24, 2.45) is 0 Å². The summed E-state index contributed by atoms with van der Waals surface area (Å²) < 4.78 is 7.92. The van der Waals surface area contributed by atoms with E-state index < -0.39 is 18.7 Å². The second kappa shape index (κ2) is 5.64. The first-order valence-electron chi connectivity index (χ1n) is 4.10. The van der Waals surface area contributed by atoms with E-state index in [0.29, 0.717) is 12.8 Å². The third-order valence-electron chi connectivity index (χ3n) is 1.70. The van der Waals surface area contributed by atoms with Gasteiger partial charge in [-0.15, -0.1) is 0 Å². The van der Waals surface area contributed by atoms with Crippen molar-refractivity contribution < 1.29 is 9.84 Å². The summed E-state index contributed by atoms with van der Waals surface area (Å²) in [4.78, 5) is 0. The van der Waals surface area contributed by atoms with Gasteiger partial charge in [-0.3, -0.25) is 0 Å². The van der Waals surface area contributed by atoms with Crippen LogP contribution in [-0.2, 0) is 4.74 Å². The zero-order valence-corrected chi connectivity index (χ0v) is 10.3. The Morgan fingerprint density at radius 1 is 1.67 bits per heavy atom. The average molecular weight is 305 g/mol. The summed E-state index contributed by atoms with van der Waals surface area (Å²) in [6.07, 6.45) is 2.91. The topological polar surface area (TPSA) is 32.7 Å². The van der Waals surface area contributed by atoms with Crippen molar-refractivity contribution in [3.05, 3.63) is 0 Å². The Hall–Kier alpha value is 0.960. The predicted molar refractivity (Wildman–Crippen MR) is 61.4 cm³/mol. The molecule has 3 nitrogen and oxygen atoms in total. The maximum atomic E-state index is 8.91. The number of alkyl halides is 1. The molecule has 1 fully saturated rings. The first-order chi connectivity index (χ1) is 5.77. The fourth-order valence-electron chi connectivity index (χ4n) is 0.782. The molecule has 74 valence electrons. The summed E-state index contributed by atoms with van der Waals surface area (Å²) in [5.74, 6) is 0. The number of aliphatic hydroxyl groups excluding tert-OH is 1. The Morgan fingerprint density at radius 3 is 2.75 bits per heavy atom. The molecule has 0 aromatic heterocycles. The molecule has 5 heteroatoms. The predicted octanol–water partition coefficient (Wildman–Crippen LogP) is 1.66. The summed E-state index contributed by atoms with van der Waals surface area (Å²) in [5, 5.41) is 8.91. The minimum absolute atomic E-state index is 0.231. The van der Waals surface area contributed by atoms with Gasteiger partial charge in [0.15, 0.2) is 0 Å². The molecule has 12 heavy (non-hydrogen) atoms. The maximum absolute atomic E-state index is 8.91. The van der Waals surface area contributed by atoms with Crippen molar-refractivity contribution in [3.8, 4) is 0 Å². The molecule has 1 saturated carbocycles. The SMILES string of the molecule is CCN(COC1CC1)I(S)CO. The van der Waals surface area contributed by atoms with E-state index >= 15 is 0 Å². The Morgan fingerprint density at radius 2 is 2.33 bits per heavy atom. The normalized spacial score (nSPS) is 18.5. The van der Waals surface area contributed by atoms with Gasteiger partial charge < -0.3 is 0 Å². The van der Waals surface area contributed by atoms with Gasteiger partial charge in [0, 0.05) is 0 Å². The standard InChI is InChI=1S/C7H16INO2S/c1-2-9(8(12)5-10)6-11-7-3-4-7/h7,10,12H,2-6H2,1H3. The van der Waals surface area contributed by atoms with Crippen LogP contribution < -0.4 is 0 Å². The van der Waals surface area contributed by atoms with Crippen LogP contribution in [0.25, 0.3) is 0 Å². The van der Waals surface area contributed by atoms with Gasteiger partial charge in [-0.2, -0.15) is 0 Å². The number of ether oxygens (including phenoxy) is 1. The molecule has 0 heterocycles. The molecule has 0 atom stereocenters. The molecule has 0 aromatic carbocycles. The first-order valence-corrected chi connectivity index (χ1v) is 9.83. The van der Waals surface area contributed by atoms with Crippen molar-refractivity contribution >= 4 is 28.5 Å². The van der Waals surface area contributed by atoms with E-state index in [9.17, 15) is 0 Å². The Labute approximate surface area is 85.1 Å². The summed E-state index contributed by atoms with van der Waals surface area (Å²) >= 11 is -1.53. The van der Waals surface area contributed by atoms with E-state index in [1.807, 2.05) is 0 Å². The van der Waals surface area contributed by atoms with E-state index in [2.05, 4.69) is 19.8 Å². The molecule has 0 aliphatic heterocycles. The van der Waals surface area contributed by atoms with Gasteiger partial charge in [-0.05, 0) is 0 Å². The van der Waals surface area contributed by atoms with Crippen LogP contribution in [0.15, 0.2) is 0 Å². The number of halogens is 1. The van der Waals surface area contributed by atoms with E-state index in [-0.39, 0.29) is 4.61 Å². The fraction of sp³-hybridized carbons (Fsp3) is 1.00. The van der Waals surface area contributed by atoms with Gasteiger partial charge >= 0.3 is 85.2 Å². The van der Waals surface area contributed by atoms with Crippen LogP contribution in [0.1, 0.15) is 19.8 Å². The zero-order chi connectivity index (χ0) is 8.97. The van der Waals surface area contributed by atoms with Crippen LogP contribution in [0.3, 0.4) is 0 Å². The van der Waals surface area contributed by atoms with Crippen molar-refractivity contribution in [1.82, 2.24) is 3.11 Å². The van der Waals surface area contributed by atoms with Gasteiger partial charge in [0.2, 0.25) is 0 Å². The third-order valence-corrected chi connectivity index (χ3v) is 7.00. The summed E-state index contributed by atoms with van der Waals surface area (Å²) in [6, 6.07) is 0. The molecule has 1 aliphatic rings. The number of nitrogens with zero attached hydrogens (tertiary/aromatic N) is 1. The number of rotatable bonds is 6. The molecule has 0 radical (unpaired) electrons. The van der Waals surface area contributed by atoms with Crippen molar-refractivity contribution in [1.29, 1.82) is 0 Å². The summed E-state index contributed by atoms with van der Waals surface area (Å²) in [7, 11) is 4.38. The quantitative estimate of drug-likeness (QED) is 0.257. The molecule has 0 amide bonds. The molecule has 0 bridgehead atoms. The van der Waals surface area contributed by atoms with E-state index in [0.717, 1.165) is 6.54 Å². The first kappa shape index (κ1) is 11.0. The van der Waals surface area contributed by atoms with Crippen LogP contribution in [0.5, 0.6) is 0 Å². The molecule has 0 spiro atoms. The Kier molecular flexibility index (Phi) is 5.19. The van der Waals surface area contributed by atoms with Gasteiger partial charge in [-0.25, -0.2) is 0 Å². The Bertz CT molecular complexity index is 135. The number of thiol groups is 1. The second-order valence-corrected chi connectivity index (χ2v) is 9.17. The Balaban J connectivity index is 2.13. The third kappa shape index (κ3) is 3.78. The molecule has 1 aliphatic carbocycles. The number of hydrogen-bond acceptors (Lipinski definition) is 4. The summed E-state index contributed by atoms with van der Waals surface area (Å²) in [5.41, 5.74) is 0. The monoisotopic (exact) mass is 305 g/mol. The molecular formula is C7H16INO2S. The molecule has 0 aromatic rings. The van der Waals surface area contributed by atoms with Gasteiger partial charge in [0.05, 0.1) is 0 Å². The van der Waals surface area contributed by atoms with Crippen molar-refractivity contribution in [3.63, 3.8) is 0 Å². The minimum atomic E-state index is -1.53. The van der Waals surface area contributed by atoms with Crippen LogP contribution >= 0.6 is 28.5 Å². The van der Waals surface area contributed by atoms with Gasteiger partial charge in [-0.1, -0.05) is 0 Å². The van der Waals surface area contributed by atoms with Crippen LogP contribution in [0, 0.1) is 0 Å².